The molecule has 0 radical (unpaired) electrons. The van der Waals surface area contributed by atoms with Gasteiger partial charge in [0, 0.05) is 12.1 Å². The van der Waals surface area contributed by atoms with Gasteiger partial charge in [-0.05, 0) is 27.7 Å². The number of hydrogen-bond acceptors (Lipinski definition) is 3. The fourth-order valence-corrected chi connectivity index (χ4v) is 1.28. The lowest BCUT2D eigenvalue weighted by atomic mass is 10.2. The first-order chi connectivity index (χ1) is 6.50. The third-order valence-corrected chi connectivity index (χ3v) is 1.76. The van der Waals surface area contributed by atoms with Gasteiger partial charge in [0.2, 0.25) is 0 Å². The van der Waals surface area contributed by atoms with Gasteiger partial charge in [0.1, 0.15) is 6.61 Å². The molecule has 0 fully saturated rings. The van der Waals surface area contributed by atoms with Crippen LogP contribution in [0.1, 0.15) is 34.1 Å². The Morgan fingerprint density at radius 2 is 1.86 bits per heavy atom. The van der Waals surface area contributed by atoms with E-state index in [1.807, 2.05) is 33.8 Å². The lowest BCUT2D eigenvalue weighted by Gasteiger charge is -2.29. The van der Waals surface area contributed by atoms with Crippen molar-refractivity contribution in [3.63, 3.8) is 0 Å². The molecule has 0 aromatic heterocycles. The van der Waals surface area contributed by atoms with Crippen molar-refractivity contribution in [3.05, 3.63) is 0 Å². The van der Waals surface area contributed by atoms with Gasteiger partial charge in [-0.2, -0.15) is 5.26 Å². The molecule has 1 amide bonds. The van der Waals surface area contributed by atoms with Gasteiger partial charge >= 0.3 is 6.09 Å². The molecule has 0 aliphatic rings. The van der Waals surface area contributed by atoms with Crippen LogP contribution in [0.2, 0.25) is 0 Å². The molecule has 0 heterocycles. The first-order valence-electron chi connectivity index (χ1n) is 4.82. The summed E-state index contributed by atoms with van der Waals surface area (Å²) in [7, 11) is 0. The van der Waals surface area contributed by atoms with Crippen LogP contribution in [0.15, 0.2) is 0 Å². The van der Waals surface area contributed by atoms with E-state index in [2.05, 4.69) is 0 Å². The van der Waals surface area contributed by atoms with Crippen LogP contribution in [0.4, 0.5) is 4.79 Å². The normalized spacial score (nSPS) is 10.1. The van der Waals surface area contributed by atoms with Crippen molar-refractivity contribution < 1.29 is 9.53 Å². The Morgan fingerprint density at radius 3 is 2.21 bits per heavy atom. The molecule has 0 aliphatic heterocycles. The molecule has 0 unspecified atom stereocenters. The van der Waals surface area contributed by atoms with Crippen molar-refractivity contribution in [2.24, 2.45) is 0 Å². The second kappa shape index (κ2) is 6.25. The Balaban J connectivity index is 4.11. The maximum atomic E-state index is 11.5. The van der Waals surface area contributed by atoms with Crippen LogP contribution in [0.3, 0.4) is 0 Å². The average molecular weight is 198 g/mol. The first kappa shape index (κ1) is 12.8. The standard InChI is InChI=1S/C10H18N2O2/c1-8(2)12(9(3)4)10(13)14-7-5-6-11/h8-9H,5,7H2,1-4H3. The smallest absolute Gasteiger partial charge is 0.410 e. The second-order valence-corrected chi connectivity index (χ2v) is 3.62. The number of hydrogen-bond donors (Lipinski definition) is 0. The monoisotopic (exact) mass is 198 g/mol. The van der Waals surface area contributed by atoms with Gasteiger partial charge in [0.25, 0.3) is 0 Å². The summed E-state index contributed by atoms with van der Waals surface area (Å²) in [5.41, 5.74) is 0. The molecule has 0 saturated heterocycles. The number of carbonyl (C=O) groups is 1. The summed E-state index contributed by atoms with van der Waals surface area (Å²) in [6.07, 6.45) is -0.0966. The van der Waals surface area contributed by atoms with E-state index in [9.17, 15) is 4.79 Å². The second-order valence-electron chi connectivity index (χ2n) is 3.62. The zero-order chi connectivity index (χ0) is 11.1. The molecule has 0 N–H and O–H groups in total. The Bertz CT molecular complexity index is 211. The highest BCUT2D eigenvalue weighted by Crippen LogP contribution is 2.07. The molecular formula is C10H18N2O2. The van der Waals surface area contributed by atoms with E-state index >= 15 is 0 Å². The van der Waals surface area contributed by atoms with E-state index in [0.29, 0.717) is 0 Å². The highest BCUT2D eigenvalue weighted by Gasteiger charge is 2.20. The quantitative estimate of drug-likeness (QED) is 0.650. The molecule has 0 atom stereocenters. The lowest BCUT2D eigenvalue weighted by molar-refractivity contribution is 0.0808. The van der Waals surface area contributed by atoms with Gasteiger partial charge in [-0.3, -0.25) is 0 Å². The van der Waals surface area contributed by atoms with E-state index < -0.39 is 0 Å². The maximum absolute atomic E-state index is 11.5. The number of carbonyl (C=O) groups excluding carboxylic acids is 1. The molecule has 4 heteroatoms. The molecule has 0 aliphatic carbocycles. The molecule has 0 rings (SSSR count). The van der Waals surface area contributed by atoms with Crippen LogP contribution >= 0.6 is 0 Å². The molecule has 4 nitrogen and oxygen atoms in total. The first-order valence-corrected chi connectivity index (χ1v) is 4.82. The minimum Gasteiger partial charge on any atom is -0.448 e. The maximum Gasteiger partial charge on any atom is 0.410 e. The summed E-state index contributed by atoms with van der Waals surface area (Å²) < 4.78 is 4.93. The zero-order valence-electron chi connectivity index (χ0n) is 9.28. The fourth-order valence-electron chi connectivity index (χ4n) is 1.28. The largest absolute Gasteiger partial charge is 0.448 e. The number of ether oxygens (including phenoxy) is 1. The van der Waals surface area contributed by atoms with Crippen molar-refractivity contribution in [3.8, 4) is 6.07 Å². The number of nitrogens with zero attached hydrogens (tertiary/aromatic N) is 2. The lowest BCUT2D eigenvalue weighted by Crippen LogP contribution is -2.42. The van der Waals surface area contributed by atoms with Gasteiger partial charge < -0.3 is 9.64 Å². The summed E-state index contributed by atoms with van der Waals surface area (Å²) in [4.78, 5) is 13.1. The highest BCUT2D eigenvalue weighted by molar-refractivity contribution is 5.68. The number of nitriles is 1. The SMILES string of the molecule is CC(C)N(C(=O)OCCC#N)C(C)C. The van der Waals surface area contributed by atoms with E-state index in [1.54, 1.807) is 4.90 Å². The summed E-state index contributed by atoms with van der Waals surface area (Å²) in [6.45, 7) is 7.92. The van der Waals surface area contributed by atoms with Crippen molar-refractivity contribution in [1.29, 1.82) is 5.26 Å². The van der Waals surface area contributed by atoms with Gasteiger partial charge in [-0.25, -0.2) is 4.79 Å². The van der Waals surface area contributed by atoms with E-state index in [0.717, 1.165) is 0 Å². The summed E-state index contributed by atoms with van der Waals surface area (Å²) in [6, 6.07) is 2.16. The average Bonchev–Trinajstić information content (AvgIpc) is 2.03. The van der Waals surface area contributed by atoms with Crippen molar-refractivity contribution in [2.75, 3.05) is 6.61 Å². The third-order valence-electron chi connectivity index (χ3n) is 1.76. The van der Waals surface area contributed by atoms with Crippen molar-refractivity contribution in [1.82, 2.24) is 4.90 Å². The molecule has 0 saturated carbocycles. The van der Waals surface area contributed by atoms with Gasteiger partial charge in [-0.15, -0.1) is 0 Å². The minimum absolute atomic E-state index is 0.115. The predicted molar refractivity (Wildman–Crippen MR) is 53.7 cm³/mol. The topological polar surface area (TPSA) is 53.3 Å². The molecule has 0 aromatic rings. The van der Waals surface area contributed by atoms with Crippen LogP contribution < -0.4 is 0 Å². The van der Waals surface area contributed by atoms with Crippen LogP contribution in [-0.2, 0) is 4.74 Å². The number of rotatable bonds is 4. The van der Waals surface area contributed by atoms with Crippen molar-refractivity contribution >= 4 is 6.09 Å². The summed E-state index contributed by atoms with van der Waals surface area (Å²) >= 11 is 0. The van der Waals surface area contributed by atoms with Crippen LogP contribution in [0, 0.1) is 11.3 Å². The fraction of sp³-hybridized carbons (Fsp3) is 0.800. The van der Waals surface area contributed by atoms with Crippen molar-refractivity contribution in [2.45, 2.75) is 46.2 Å². The molecule has 80 valence electrons. The predicted octanol–water partition coefficient (Wildman–Crippen LogP) is 2.16. The Morgan fingerprint density at radius 1 is 1.36 bits per heavy atom. The molecule has 0 bridgehead atoms. The molecule has 14 heavy (non-hydrogen) atoms. The summed E-state index contributed by atoms with van der Waals surface area (Å²) in [5, 5.41) is 8.28. The van der Waals surface area contributed by atoms with Gasteiger partial charge in [0.05, 0.1) is 12.5 Å². The van der Waals surface area contributed by atoms with E-state index in [1.165, 1.54) is 0 Å². The van der Waals surface area contributed by atoms with E-state index in [4.69, 9.17) is 10.00 Å². The van der Waals surface area contributed by atoms with Gasteiger partial charge in [-0.1, -0.05) is 0 Å². The molecule has 0 aromatic carbocycles. The van der Waals surface area contributed by atoms with Gasteiger partial charge in [0.15, 0.2) is 0 Å². The number of amides is 1. The van der Waals surface area contributed by atoms with Crippen LogP contribution in [0.25, 0.3) is 0 Å². The Hall–Kier alpha value is -1.24. The zero-order valence-corrected chi connectivity index (χ0v) is 9.28. The molecule has 0 spiro atoms. The molecular weight excluding hydrogens is 180 g/mol. The third kappa shape index (κ3) is 4.13. The Kier molecular flexibility index (Phi) is 5.70. The Labute approximate surface area is 85.5 Å². The van der Waals surface area contributed by atoms with Crippen LogP contribution in [0.5, 0.6) is 0 Å². The minimum atomic E-state index is -0.342. The van der Waals surface area contributed by atoms with E-state index in [-0.39, 0.29) is 31.2 Å². The summed E-state index contributed by atoms with van der Waals surface area (Å²) in [5.74, 6) is 0. The highest BCUT2D eigenvalue weighted by atomic mass is 16.6. The van der Waals surface area contributed by atoms with Crippen LogP contribution in [-0.4, -0.2) is 29.7 Å².